The molecule has 1 aliphatic rings. The Kier molecular flexibility index (Phi) is 5.73. The number of amides is 1. The number of aryl methyl sites for hydroxylation is 1. The first-order chi connectivity index (χ1) is 14.7. The standard InChI is InChI=1S/C19H18F4N6OS/c1-29-8-12(15(28-29)16(20)21)26-17(30)11-9-31-18-14(11)27-13(7-25-18)24-6-10-3-2-4-19(22,23)5-10/h6-10,16H,2-5H2,1H3,(H,26,30)/b24-6+. The van der Waals surface area contributed by atoms with Crippen molar-refractivity contribution in [3.63, 3.8) is 0 Å². The van der Waals surface area contributed by atoms with E-state index in [1.54, 1.807) is 0 Å². The van der Waals surface area contributed by atoms with Crippen LogP contribution in [0.4, 0.5) is 29.1 Å². The summed E-state index contributed by atoms with van der Waals surface area (Å²) in [7, 11) is 1.47. The van der Waals surface area contributed by atoms with Gasteiger partial charge in [0.15, 0.2) is 11.5 Å². The molecule has 0 spiro atoms. The van der Waals surface area contributed by atoms with Crippen LogP contribution in [0.15, 0.2) is 22.8 Å². The minimum absolute atomic E-state index is 0.0952. The maximum absolute atomic E-state index is 13.6. The average molecular weight is 454 g/mol. The topological polar surface area (TPSA) is 85.1 Å². The molecular formula is C19H18F4N6OS. The second-order valence-corrected chi connectivity index (χ2v) is 8.24. The smallest absolute Gasteiger partial charge is 0.284 e. The van der Waals surface area contributed by atoms with Crippen LogP contribution >= 0.6 is 11.3 Å². The van der Waals surface area contributed by atoms with Crippen LogP contribution in [0.25, 0.3) is 10.3 Å². The van der Waals surface area contributed by atoms with E-state index in [0.29, 0.717) is 17.7 Å². The number of alkyl halides is 4. The molecule has 0 bridgehead atoms. The number of aromatic nitrogens is 4. The van der Waals surface area contributed by atoms with Gasteiger partial charge in [-0.3, -0.25) is 9.48 Å². The van der Waals surface area contributed by atoms with Crippen LogP contribution < -0.4 is 5.32 Å². The number of fused-ring (bicyclic) bond motifs is 1. The van der Waals surface area contributed by atoms with Gasteiger partial charge in [0.2, 0.25) is 5.92 Å². The van der Waals surface area contributed by atoms with Crippen LogP contribution in [0.2, 0.25) is 0 Å². The lowest BCUT2D eigenvalue weighted by molar-refractivity contribution is -0.0421. The van der Waals surface area contributed by atoms with Gasteiger partial charge in [-0.15, -0.1) is 11.3 Å². The van der Waals surface area contributed by atoms with Crippen molar-refractivity contribution in [2.75, 3.05) is 5.32 Å². The highest BCUT2D eigenvalue weighted by atomic mass is 32.1. The number of nitrogens with one attached hydrogen (secondary N) is 1. The van der Waals surface area contributed by atoms with E-state index < -0.39 is 23.9 Å². The van der Waals surface area contributed by atoms with Crippen LogP contribution in [0.3, 0.4) is 0 Å². The fraction of sp³-hybridized carbons (Fsp3) is 0.421. The Morgan fingerprint density at radius 2 is 2.26 bits per heavy atom. The lowest BCUT2D eigenvalue weighted by Crippen LogP contribution is -2.26. The molecule has 1 unspecified atom stereocenters. The molecule has 1 aliphatic carbocycles. The second-order valence-electron chi connectivity index (χ2n) is 7.38. The molecule has 0 aromatic carbocycles. The average Bonchev–Trinajstić information content (AvgIpc) is 3.28. The third kappa shape index (κ3) is 4.73. The zero-order chi connectivity index (χ0) is 22.2. The summed E-state index contributed by atoms with van der Waals surface area (Å²) in [5.74, 6) is -3.50. The molecule has 31 heavy (non-hydrogen) atoms. The maximum atomic E-state index is 13.6. The largest absolute Gasteiger partial charge is 0.319 e. The van der Waals surface area contributed by atoms with Gasteiger partial charge in [0.25, 0.3) is 12.3 Å². The molecule has 1 N–H and O–H groups in total. The molecule has 1 fully saturated rings. The predicted molar refractivity (Wildman–Crippen MR) is 109 cm³/mol. The first-order valence-electron chi connectivity index (χ1n) is 9.51. The number of halogens is 4. The zero-order valence-corrected chi connectivity index (χ0v) is 17.2. The van der Waals surface area contributed by atoms with E-state index in [2.05, 4.69) is 25.4 Å². The molecular weight excluding hydrogens is 436 g/mol. The molecule has 1 atom stereocenters. The number of nitrogens with zero attached hydrogens (tertiary/aromatic N) is 5. The number of anilines is 1. The lowest BCUT2D eigenvalue weighted by Gasteiger charge is -2.26. The molecule has 3 aromatic rings. The van der Waals surface area contributed by atoms with Crippen molar-refractivity contribution in [1.82, 2.24) is 19.7 Å². The fourth-order valence-corrected chi connectivity index (χ4v) is 4.33. The monoisotopic (exact) mass is 454 g/mol. The first-order valence-corrected chi connectivity index (χ1v) is 10.4. The van der Waals surface area contributed by atoms with E-state index in [9.17, 15) is 22.4 Å². The second kappa shape index (κ2) is 8.33. The lowest BCUT2D eigenvalue weighted by atomic mass is 9.87. The van der Waals surface area contributed by atoms with Gasteiger partial charge >= 0.3 is 0 Å². The Morgan fingerprint density at radius 3 is 3.00 bits per heavy atom. The van der Waals surface area contributed by atoms with Crippen molar-refractivity contribution in [3.8, 4) is 0 Å². The minimum Gasteiger partial charge on any atom is -0.319 e. The summed E-state index contributed by atoms with van der Waals surface area (Å²) in [6.07, 6.45) is 1.99. The summed E-state index contributed by atoms with van der Waals surface area (Å²) in [4.78, 5) is 25.9. The Balaban J connectivity index is 1.56. The minimum atomic E-state index is -2.84. The van der Waals surface area contributed by atoms with Gasteiger partial charge in [-0.05, 0) is 12.8 Å². The summed E-state index contributed by atoms with van der Waals surface area (Å²) in [5, 5.41) is 7.61. The predicted octanol–water partition coefficient (Wildman–Crippen LogP) is 5.14. The molecule has 1 saturated carbocycles. The molecule has 3 aromatic heterocycles. The first kappa shape index (κ1) is 21.3. The van der Waals surface area contributed by atoms with Gasteiger partial charge in [0.1, 0.15) is 10.3 Å². The van der Waals surface area contributed by atoms with Crippen molar-refractivity contribution < 1.29 is 22.4 Å². The van der Waals surface area contributed by atoms with Crippen molar-refractivity contribution in [3.05, 3.63) is 29.0 Å². The van der Waals surface area contributed by atoms with Gasteiger partial charge in [0, 0.05) is 43.6 Å². The number of hydrogen-bond donors (Lipinski definition) is 1. The zero-order valence-electron chi connectivity index (χ0n) is 16.4. The summed E-state index contributed by atoms with van der Waals surface area (Å²) in [5.41, 5.74) is -0.218. The van der Waals surface area contributed by atoms with Crippen LogP contribution in [-0.2, 0) is 7.05 Å². The van der Waals surface area contributed by atoms with Gasteiger partial charge in [-0.1, -0.05) is 0 Å². The number of hydrogen-bond acceptors (Lipinski definition) is 6. The van der Waals surface area contributed by atoms with E-state index in [1.165, 1.54) is 47.1 Å². The van der Waals surface area contributed by atoms with Gasteiger partial charge in [-0.2, -0.15) is 5.10 Å². The third-order valence-corrected chi connectivity index (χ3v) is 5.80. The van der Waals surface area contributed by atoms with Crippen molar-refractivity contribution in [1.29, 1.82) is 0 Å². The van der Waals surface area contributed by atoms with Gasteiger partial charge in [-0.25, -0.2) is 32.5 Å². The molecule has 4 rings (SSSR count). The van der Waals surface area contributed by atoms with E-state index in [4.69, 9.17) is 0 Å². The van der Waals surface area contributed by atoms with Crippen molar-refractivity contribution in [2.24, 2.45) is 18.0 Å². The number of rotatable bonds is 5. The van der Waals surface area contributed by atoms with E-state index in [-0.39, 0.29) is 41.3 Å². The third-order valence-electron chi connectivity index (χ3n) is 4.92. The molecule has 164 valence electrons. The Morgan fingerprint density at radius 1 is 1.45 bits per heavy atom. The normalized spacial score (nSPS) is 18.8. The van der Waals surface area contributed by atoms with Crippen LogP contribution in [0, 0.1) is 5.92 Å². The van der Waals surface area contributed by atoms with E-state index >= 15 is 0 Å². The summed E-state index contributed by atoms with van der Waals surface area (Å²) in [6, 6.07) is 0. The summed E-state index contributed by atoms with van der Waals surface area (Å²) < 4.78 is 54.5. The van der Waals surface area contributed by atoms with Crippen LogP contribution in [-0.4, -0.2) is 37.8 Å². The van der Waals surface area contributed by atoms with Crippen LogP contribution in [0.5, 0.6) is 0 Å². The number of carbonyl (C=O) groups is 1. The Labute approximate surface area is 178 Å². The highest BCUT2D eigenvalue weighted by Gasteiger charge is 2.35. The molecule has 0 radical (unpaired) electrons. The van der Waals surface area contributed by atoms with Crippen molar-refractivity contribution >= 4 is 45.3 Å². The van der Waals surface area contributed by atoms with E-state index in [1.807, 2.05) is 0 Å². The molecule has 0 aliphatic heterocycles. The van der Waals surface area contributed by atoms with Crippen LogP contribution in [0.1, 0.15) is 48.2 Å². The van der Waals surface area contributed by atoms with Gasteiger partial charge in [0.05, 0.1) is 17.4 Å². The number of carbonyl (C=O) groups excluding carboxylic acids is 1. The number of thiophene rings is 1. The Bertz CT molecular complexity index is 1140. The molecule has 3 heterocycles. The SMILES string of the molecule is Cn1cc(NC(=O)c2csc3ncc(/N=C/C4CCCC(F)(F)C4)nc23)c(C(F)F)n1. The number of aliphatic imine (C=N–C) groups is 1. The maximum Gasteiger partial charge on any atom is 0.284 e. The Hall–Kier alpha value is -2.89. The molecule has 0 saturated heterocycles. The quantitative estimate of drug-likeness (QED) is 0.427. The molecule has 1 amide bonds. The molecule has 12 heteroatoms. The summed E-state index contributed by atoms with van der Waals surface area (Å²) >= 11 is 1.17. The van der Waals surface area contributed by atoms with Crippen molar-refractivity contribution in [2.45, 2.75) is 38.0 Å². The fourth-order valence-electron chi connectivity index (χ4n) is 3.50. The highest BCUT2D eigenvalue weighted by molar-refractivity contribution is 7.17. The van der Waals surface area contributed by atoms with E-state index in [0.717, 1.165) is 0 Å². The van der Waals surface area contributed by atoms with Gasteiger partial charge < -0.3 is 5.32 Å². The summed E-state index contributed by atoms with van der Waals surface area (Å²) in [6.45, 7) is 0. The highest BCUT2D eigenvalue weighted by Crippen LogP contribution is 2.36. The molecule has 7 nitrogen and oxygen atoms in total.